The summed E-state index contributed by atoms with van der Waals surface area (Å²) in [7, 11) is 2.02. The van der Waals surface area contributed by atoms with Gasteiger partial charge in [0.25, 0.3) is 0 Å². The molecular weight excluding hydrogens is 250 g/mol. The van der Waals surface area contributed by atoms with Gasteiger partial charge in [0.05, 0.1) is 6.54 Å². The van der Waals surface area contributed by atoms with Crippen molar-refractivity contribution < 1.29 is 4.79 Å². The van der Waals surface area contributed by atoms with Gasteiger partial charge in [0, 0.05) is 17.8 Å². The van der Waals surface area contributed by atoms with Gasteiger partial charge in [-0.15, -0.1) is 0 Å². The Morgan fingerprint density at radius 1 is 1.25 bits per heavy atom. The van der Waals surface area contributed by atoms with Crippen molar-refractivity contribution in [3.8, 4) is 0 Å². The first-order valence-corrected chi connectivity index (χ1v) is 7.42. The lowest BCUT2D eigenvalue weighted by Crippen LogP contribution is -2.55. The Balaban J connectivity index is 1.92. The van der Waals surface area contributed by atoms with E-state index in [2.05, 4.69) is 10.2 Å². The second-order valence-corrected chi connectivity index (χ2v) is 5.76. The second-order valence-electron chi connectivity index (χ2n) is 5.76. The number of likely N-dealkylation sites (N-methyl/N-ethyl adjacent to an activating group) is 1. The number of amides is 1. The molecule has 1 aliphatic rings. The normalized spacial score (nSPS) is 17.9. The van der Waals surface area contributed by atoms with Crippen molar-refractivity contribution in [3.63, 3.8) is 0 Å². The van der Waals surface area contributed by atoms with Crippen molar-refractivity contribution in [1.29, 1.82) is 0 Å². The van der Waals surface area contributed by atoms with Crippen LogP contribution in [-0.4, -0.2) is 36.5 Å². The van der Waals surface area contributed by atoms with Crippen molar-refractivity contribution in [2.45, 2.75) is 37.6 Å². The Kier molecular flexibility index (Phi) is 5.15. The van der Waals surface area contributed by atoms with Gasteiger partial charge in [-0.05, 0) is 32.0 Å². The third-order valence-corrected chi connectivity index (χ3v) is 4.41. The summed E-state index contributed by atoms with van der Waals surface area (Å²) in [4.78, 5) is 14.3. The molecule has 1 saturated carbocycles. The molecule has 4 heteroatoms. The Hall–Kier alpha value is -1.39. The Morgan fingerprint density at radius 3 is 2.50 bits per heavy atom. The van der Waals surface area contributed by atoms with Crippen LogP contribution < -0.4 is 11.1 Å². The number of carbonyl (C=O) groups is 1. The van der Waals surface area contributed by atoms with Crippen molar-refractivity contribution in [1.82, 2.24) is 4.90 Å². The van der Waals surface area contributed by atoms with Crippen LogP contribution in [0.25, 0.3) is 0 Å². The fourth-order valence-electron chi connectivity index (χ4n) is 3.06. The van der Waals surface area contributed by atoms with Crippen molar-refractivity contribution in [2.24, 2.45) is 5.73 Å². The Labute approximate surface area is 121 Å². The predicted molar refractivity (Wildman–Crippen MR) is 82.6 cm³/mol. The van der Waals surface area contributed by atoms with Crippen LogP contribution in [0.3, 0.4) is 0 Å². The molecule has 0 saturated heterocycles. The van der Waals surface area contributed by atoms with Crippen LogP contribution in [0.4, 0.5) is 5.69 Å². The van der Waals surface area contributed by atoms with Crippen LogP contribution in [0.1, 0.15) is 32.1 Å². The fraction of sp³-hybridized carbons (Fsp3) is 0.562. The molecule has 0 bridgehead atoms. The maximum Gasteiger partial charge on any atom is 0.238 e. The third kappa shape index (κ3) is 3.58. The van der Waals surface area contributed by atoms with E-state index >= 15 is 0 Å². The van der Waals surface area contributed by atoms with Gasteiger partial charge in [0.1, 0.15) is 0 Å². The molecule has 4 nitrogen and oxygen atoms in total. The molecule has 0 spiro atoms. The van der Waals surface area contributed by atoms with Crippen LogP contribution in [0.2, 0.25) is 0 Å². The van der Waals surface area contributed by atoms with Gasteiger partial charge in [-0.1, -0.05) is 37.5 Å². The molecular formula is C16H25N3O. The first-order valence-electron chi connectivity index (χ1n) is 7.42. The molecule has 0 atom stereocenters. The average molecular weight is 275 g/mol. The number of nitrogens with two attached hydrogens (primary N) is 1. The molecule has 0 radical (unpaired) electrons. The summed E-state index contributed by atoms with van der Waals surface area (Å²) >= 11 is 0. The number of nitrogens with zero attached hydrogens (tertiary/aromatic N) is 1. The van der Waals surface area contributed by atoms with Gasteiger partial charge in [0.2, 0.25) is 5.91 Å². The van der Waals surface area contributed by atoms with Gasteiger partial charge in [-0.2, -0.15) is 0 Å². The highest BCUT2D eigenvalue weighted by molar-refractivity contribution is 5.92. The lowest BCUT2D eigenvalue weighted by atomic mass is 9.80. The monoisotopic (exact) mass is 275 g/mol. The van der Waals surface area contributed by atoms with Gasteiger partial charge in [-0.25, -0.2) is 0 Å². The summed E-state index contributed by atoms with van der Waals surface area (Å²) in [6.07, 6.45) is 5.90. The molecule has 0 unspecified atom stereocenters. The molecule has 1 aromatic rings. The summed E-state index contributed by atoms with van der Waals surface area (Å²) < 4.78 is 0. The SMILES string of the molecule is CN(CC(=O)Nc1ccccc1)C1(CN)CCCCC1. The first-order chi connectivity index (χ1) is 9.66. The third-order valence-electron chi connectivity index (χ3n) is 4.41. The summed E-state index contributed by atoms with van der Waals surface area (Å²) in [5, 5.41) is 2.93. The Bertz CT molecular complexity index is 427. The number of hydrogen-bond acceptors (Lipinski definition) is 3. The molecule has 0 aliphatic heterocycles. The smallest absolute Gasteiger partial charge is 0.238 e. The standard InChI is InChI=1S/C16H25N3O/c1-19(16(13-17)10-6-3-7-11-16)12-15(20)18-14-8-4-2-5-9-14/h2,4-5,8-9H,3,6-7,10-13,17H2,1H3,(H,18,20). The molecule has 20 heavy (non-hydrogen) atoms. The molecule has 0 heterocycles. The van der Waals surface area contributed by atoms with Gasteiger partial charge < -0.3 is 11.1 Å². The zero-order chi connectivity index (χ0) is 14.4. The number of nitrogens with one attached hydrogen (secondary N) is 1. The zero-order valence-electron chi connectivity index (χ0n) is 12.3. The average Bonchev–Trinajstić information content (AvgIpc) is 2.48. The second kappa shape index (κ2) is 6.86. The van der Waals surface area contributed by atoms with E-state index < -0.39 is 0 Å². The minimum absolute atomic E-state index is 0.00623. The van der Waals surface area contributed by atoms with E-state index in [1.165, 1.54) is 19.3 Å². The number of para-hydroxylation sites is 1. The molecule has 1 amide bonds. The first kappa shape index (κ1) is 15.0. The lowest BCUT2D eigenvalue weighted by molar-refractivity contribution is -0.118. The lowest BCUT2D eigenvalue weighted by Gasteiger charge is -2.43. The minimum Gasteiger partial charge on any atom is -0.329 e. The molecule has 3 N–H and O–H groups in total. The highest BCUT2D eigenvalue weighted by atomic mass is 16.2. The molecule has 1 fully saturated rings. The number of benzene rings is 1. The summed E-state index contributed by atoms with van der Waals surface area (Å²) in [5.74, 6) is 0.0251. The Morgan fingerprint density at radius 2 is 1.90 bits per heavy atom. The van der Waals surface area contributed by atoms with E-state index in [4.69, 9.17) is 5.73 Å². The van der Waals surface area contributed by atoms with Crippen LogP contribution in [0.15, 0.2) is 30.3 Å². The van der Waals surface area contributed by atoms with Crippen molar-refractivity contribution in [2.75, 3.05) is 25.5 Å². The van der Waals surface area contributed by atoms with Crippen LogP contribution in [0, 0.1) is 0 Å². The summed E-state index contributed by atoms with van der Waals surface area (Å²) in [6.45, 7) is 1.02. The number of anilines is 1. The van der Waals surface area contributed by atoms with Crippen molar-refractivity contribution in [3.05, 3.63) is 30.3 Å². The van der Waals surface area contributed by atoms with E-state index in [9.17, 15) is 4.79 Å². The largest absolute Gasteiger partial charge is 0.329 e. The van der Waals surface area contributed by atoms with Crippen LogP contribution in [-0.2, 0) is 4.79 Å². The fourth-order valence-corrected chi connectivity index (χ4v) is 3.06. The van der Waals surface area contributed by atoms with Crippen molar-refractivity contribution >= 4 is 11.6 Å². The van der Waals surface area contributed by atoms with Crippen LogP contribution >= 0.6 is 0 Å². The van der Waals surface area contributed by atoms with E-state index in [1.54, 1.807) is 0 Å². The predicted octanol–water partition coefficient (Wildman–Crippen LogP) is 2.22. The van der Waals surface area contributed by atoms with E-state index in [0.717, 1.165) is 18.5 Å². The zero-order valence-corrected chi connectivity index (χ0v) is 12.3. The van der Waals surface area contributed by atoms with Gasteiger partial charge in [0.15, 0.2) is 0 Å². The molecule has 2 rings (SSSR count). The molecule has 110 valence electrons. The van der Waals surface area contributed by atoms with E-state index in [0.29, 0.717) is 13.1 Å². The molecule has 1 aliphatic carbocycles. The van der Waals surface area contributed by atoms with Crippen LogP contribution in [0.5, 0.6) is 0 Å². The maximum absolute atomic E-state index is 12.1. The van der Waals surface area contributed by atoms with E-state index in [-0.39, 0.29) is 11.4 Å². The topological polar surface area (TPSA) is 58.4 Å². The van der Waals surface area contributed by atoms with Gasteiger partial charge >= 0.3 is 0 Å². The maximum atomic E-state index is 12.1. The van der Waals surface area contributed by atoms with Gasteiger partial charge in [-0.3, -0.25) is 9.69 Å². The number of rotatable bonds is 5. The molecule has 0 aromatic heterocycles. The summed E-state index contributed by atoms with van der Waals surface area (Å²) in [5.41, 5.74) is 6.84. The quantitative estimate of drug-likeness (QED) is 0.866. The number of hydrogen-bond donors (Lipinski definition) is 2. The molecule has 1 aromatic carbocycles. The number of carbonyl (C=O) groups excluding carboxylic acids is 1. The van der Waals surface area contributed by atoms with E-state index in [1.807, 2.05) is 37.4 Å². The minimum atomic E-state index is 0.00623. The highest BCUT2D eigenvalue weighted by Gasteiger charge is 2.35. The summed E-state index contributed by atoms with van der Waals surface area (Å²) in [6, 6.07) is 9.57. The highest BCUT2D eigenvalue weighted by Crippen LogP contribution is 2.31.